The van der Waals surface area contributed by atoms with Crippen LogP contribution in [0.1, 0.15) is 36.2 Å². The zero-order valence-corrected chi connectivity index (χ0v) is 16.8. The van der Waals surface area contributed by atoms with E-state index in [1.165, 1.54) is 11.6 Å². The second kappa shape index (κ2) is 7.54. The Morgan fingerprint density at radius 1 is 1.10 bits per heavy atom. The molecule has 0 spiro atoms. The van der Waals surface area contributed by atoms with Gasteiger partial charge in [-0.05, 0) is 38.0 Å². The molecule has 2 aromatic carbocycles. The first-order valence-corrected chi connectivity index (χ1v) is 9.82. The molecule has 0 aliphatic rings. The van der Waals surface area contributed by atoms with E-state index >= 15 is 0 Å². The van der Waals surface area contributed by atoms with E-state index in [2.05, 4.69) is 10.3 Å². The molecule has 1 amide bonds. The molecule has 0 radical (unpaired) electrons. The van der Waals surface area contributed by atoms with Crippen LogP contribution in [0.15, 0.2) is 59.4 Å². The lowest BCUT2D eigenvalue weighted by Crippen LogP contribution is -2.34. The lowest BCUT2D eigenvalue weighted by Gasteiger charge is -2.20. The molecule has 29 heavy (non-hydrogen) atoms. The minimum atomic E-state index is -0.425. The molecule has 2 heterocycles. The zero-order valence-electron chi connectivity index (χ0n) is 16.8. The number of aromatic nitrogens is 3. The maximum absolute atomic E-state index is 13.2. The van der Waals surface area contributed by atoms with Gasteiger partial charge in [0.25, 0.3) is 5.56 Å². The third-order valence-corrected chi connectivity index (χ3v) is 5.26. The summed E-state index contributed by atoms with van der Waals surface area (Å²) in [6, 6.07) is 16.9. The Balaban J connectivity index is 1.77. The molecule has 0 saturated heterocycles. The summed E-state index contributed by atoms with van der Waals surface area (Å²) < 4.78 is 3.84. The van der Waals surface area contributed by atoms with Crippen LogP contribution in [0.25, 0.3) is 16.6 Å². The summed E-state index contributed by atoms with van der Waals surface area (Å²) in [5.41, 5.74) is 4.18. The second-order valence-corrected chi connectivity index (χ2v) is 7.36. The van der Waals surface area contributed by atoms with Crippen molar-refractivity contribution in [1.29, 1.82) is 0 Å². The molecule has 0 aliphatic heterocycles. The average Bonchev–Trinajstić information content (AvgIpc) is 3.03. The van der Waals surface area contributed by atoms with Crippen LogP contribution in [0.5, 0.6) is 0 Å². The molecule has 4 rings (SSSR count). The van der Waals surface area contributed by atoms with Crippen LogP contribution in [0.4, 0.5) is 0 Å². The number of benzene rings is 2. The quantitative estimate of drug-likeness (QED) is 0.569. The van der Waals surface area contributed by atoms with Crippen molar-refractivity contribution in [3.8, 4) is 0 Å². The molecule has 0 aliphatic carbocycles. The number of aryl methyl sites for hydroxylation is 2. The number of para-hydroxylation sites is 1. The number of rotatable bonds is 5. The Bertz CT molecular complexity index is 1250. The Morgan fingerprint density at radius 3 is 2.55 bits per heavy atom. The molecule has 6 nitrogen and oxygen atoms in total. The Kier molecular flexibility index (Phi) is 4.92. The van der Waals surface area contributed by atoms with E-state index in [4.69, 9.17) is 0 Å². The zero-order chi connectivity index (χ0) is 20.5. The maximum atomic E-state index is 13.2. The second-order valence-electron chi connectivity index (χ2n) is 7.36. The molecule has 4 aromatic rings. The minimum absolute atomic E-state index is 0.0613. The van der Waals surface area contributed by atoms with E-state index in [1.807, 2.05) is 78.5 Å². The first-order chi connectivity index (χ1) is 14.0. The number of carbonyl (C=O) groups excluding carboxylic acids is 1. The van der Waals surface area contributed by atoms with Gasteiger partial charge in [0.15, 0.2) is 5.65 Å². The summed E-state index contributed by atoms with van der Waals surface area (Å²) in [4.78, 5) is 29.4. The number of amides is 1. The maximum Gasteiger partial charge on any atom is 0.273 e. The average molecular weight is 388 g/mol. The molecule has 6 heteroatoms. The molecule has 0 bridgehead atoms. The van der Waals surface area contributed by atoms with Crippen LogP contribution in [-0.2, 0) is 11.3 Å². The van der Waals surface area contributed by atoms with E-state index in [-0.39, 0.29) is 11.5 Å². The molecule has 1 unspecified atom stereocenters. The number of fused-ring (bicyclic) bond motifs is 3. The SMILES string of the molecule is CCC(C(=O)NCc1ccc(C)cc1)n1c2ccccc2c2nc(=O)cc(C)n21. The van der Waals surface area contributed by atoms with Gasteiger partial charge in [0.2, 0.25) is 5.91 Å². The van der Waals surface area contributed by atoms with E-state index in [1.54, 1.807) is 0 Å². The predicted molar refractivity (Wildman–Crippen MR) is 114 cm³/mol. The Labute approximate surface area is 168 Å². The number of hydrogen-bond acceptors (Lipinski definition) is 3. The van der Waals surface area contributed by atoms with Gasteiger partial charge in [-0.3, -0.25) is 14.3 Å². The summed E-state index contributed by atoms with van der Waals surface area (Å²) in [7, 11) is 0. The number of carbonyl (C=O) groups is 1. The summed E-state index contributed by atoms with van der Waals surface area (Å²) in [6.45, 7) is 6.36. The Morgan fingerprint density at radius 2 is 1.83 bits per heavy atom. The molecule has 1 N–H and O–H groups in total. The van der Waals surface area contributed by atoms with Crippen molar-refractivity contribution in [3.63, 3.8) is 0 Å². The number of nitrogens with zero attached hydrogens (tertiary/aromatic N) is 3. The topological polar surface area (TPSA) is 68.4 Å². The third kappa shape index (κ3) is 3.42. The third-order valence-electron chi connectivity index (χ3n) is 5.26. The van der Waals surface area contributed by atoms with Crippen LogP contribution >= 0.6 is 0 Å². The van der Waals surface area contributed by atoms with Gasteiger partial charge in [0, 0.05) is 23.7 Å². The van der Waals surface area contributed by atoms with Crippen molar-refractivity contribution in [3.05, 3.63) is 81.8 Å². The molecule has 0 fully saturated rings. The largest absolute Gasteiger partial charge is 0.350 e. The molecular weight excluding hydrogens is 364 g/mol. The van der Waals surface area contributed by atoms with Crippen molar-refractivity contribution in [1.82, 2.24) is 19.5 Å². The van der Waals surface area contributed by atoms with E-state index in [9.17, 15) is 9.59 Å². The van der Waals surface area contributed by atoms with E-state index in [0.29, 0.717) is 18.6 Å². The lowest BCUT2D eigenvalue weighted by molar-refractivity contribution is -0.124. The van der Waals surface area contributed by atoms with Gasteiger partial charge in [0.05, 0.1) is 5.52 Å². The Hall–Kier alpha value is -3.41. The highest BCUT2D eigenvalue weighted by Crippen LogP contribution is 2.26. The minimum Gasteiger partial charge on any atom is -0.350 e. The van der Waals surface area contributed by atoms with Crippen molar-refractivity contribution < 1.29 is 4.79 Å². The summed E-state index contributed by atoms with van der Waals surface area (Å²) in [5, 5.41) is 3.92. The van der Waals surface area contributed by atoms with E-state index in [0.717, 1.165) is 22.2 Å². The molecule has 0 saturated carbocycles. The van der Waals surface area contributed by atoms with Gasteiger partial charge < -0.3 is 5.32 Å². The van der Waals surface area contributed by atoms with Crippen LogP contribution in [0.2, 0.25) is 0 Å². The smallest absolute Gasteiger partial charge is 0.273 e. The monoisotopic (exact) mass is 388 g/mol. The van der Waals surface area contributed by atoms with Crippen molar-refractivity contribution >= 4 is 22.5 Å². The molecule has 1 atom stereocenters. The van der Waals surface area contributed by atoms with Gasteiger partial charge in [-0.1, -0.05) is 48.9 Å². The van der Waals surface area contributed by atoms with E-state index < -0.39 is 6.04 Å². The lowest BCUT2D eigenvalue weighted by atomic mass is 10.1. The summed E-state index contributed by atoms with van der Waals surface area (Å²) >= 11 is 0. The van der Waals surface area contributed by atoms with Crippen molar-refractivity contribution in [2.24, 2.45) is 0 Å². The highest BCUT2D eigenvalue weighted by atomic mass is 16.2. The standard InChI is InChI=1S/C23H24N4O2/c1-4-19(23(29)24-14-17-11-9-15(2)10-12-17)27-20-8-6-5-7-18(20)22-25-21(28)13-16(3)26(22)27/h5-13,19H,4,14H2,1-3H3,(H,24,29). The fraction of sp³-hybridized carbons (Fsp3) is 0.261. The van der Waals surface area contributed by atoms with Crippen LogP contribution in [0.3, 0.4) is 0 Å². The normalized spacial score (nSPS) is 12.4. The van der Waals surface area contributed by atoms with Crippen LogP contribution in [-0.4, -0.2) is 20.1 Å². The van der Waals surface area contributed by atoms with Gasteiger partial charge in [-0.15, -0.1) is 0 Å². The first-order valence-electron chi connectivity index (χ1n) is 9.82. The van der Waals surface area contributed by atoms with Gasteiger partial charge in [0.1, 0.15) is 6.04 Å². The highest BCUT2D eigenvalue weighted by Gasteiger charge is 2.24. The van der Waals surface area contributed by atoms with Crippen LogP contribution in [0, 0.1) is 13.8 Å². The fourth-order valence-corrected chi connectivity index (χ4v) is 3.80. The number of hydrogen-bond donors (Lipinski definition) is 1. The van der Waals surface area contributed by atoms with Crippen molar-refractivity contribution in [2.75, 3.05) is 0 Å². The van der Waals surface area contributed by atoms with Gasteiger partial charge >= 0.3 is 0 Å². The van der Waals surface area contributed by atoms with Crippen molar-refractivity contribution in [2.45, 2.75) is 39.8 Å². The van der Waals surface area contributed by atoms with Gasteiger partial charge in [-0.25, -0.2) is 4.52 Å². The molecule has 2 aromatic heterocycles. The molecule has 148 valence electrons. The van der Waals surface area contributed by atoms with Gasteiger partial charge in [-0.2, -0.15) is 4.98 Å². The summed E-state index contributed by atoms with van der Waals surface area (Å²) in [5.74, 6) is -0.0613. The summed E-state index contributed by atoms with van der Waals surface area (Å²) in [6.07, 6.45) is 0.610. The first kappa shape index (κ1) is 18.9. The highest BCUT2D eigenvalue weighted by molar-refractivity contribution is 5.94. The fourth-order valence-electron chi connectivity index (χ4n) is 3.80. The van der Waals surface area contributed by atoms with Crippen LogP contribution < -0.4 is 10.9 Å². The number of nitrogens with one attached hydrogen (secondary N) is 1. The molecular formula is C23H24N4O2. The predicted octanol–water partition coefficient (Wildman–Crippen LogP) is 3.53.